The number of nitrogens with zero attached hydrogens (tertiary/aromatic N) is 3. The normalized spacial score (nSPS) is 14.5. The smallest absolute Gasteiger partial charge is 0.303 e. The van der Waals surface area contributed by atoms with Crippen molar-refractivity contribution in [3.8, 4) is 17.1 Å². The fraction of sp³-hybridized carbons (Fsp3) is 0.320. The van der Waals surface area contributed by atoms with E-state index >= 15 is 0 Å². The first-order valence-corrected chi connectivity index (χ1v) is 11.6. The summed E-state index contributed by atoms with van der Waals surface area (Å²) < 4.78 is 5.85. The molecule has 6 nitrogen and oxygen atoms in total. The van der Waals surface area contributed by atoms with E-state index in [2.05, 4.69) is 9.88 Å². The molecule has 2 aromatic carbocycles. The highest BCUT2D eigenvalue weighted by Crippen LogP contribution is 2.27. The summed E-state index contributed by atoms with van der Waals surface area (Å²) in [5, 5.41) is 10.1. The molecule has 0 fully saturated rings. The molecule has 2 heterocycles. The van der Waals surface area contributed by atoms with Crippen LogP contribution in [0.2, 0.25) is 10.0 Å². The van der Waals surface area contributed by atoms with Gasteiger partial charge < -0.3 is 9.84 Å². The lowest BCUT2D eigenvalue weighted by Gasteiger charge is -2.29. The van der Waals surface area contributed by atoms with Crippen molar-refractivity contribution in [1.82, 2.24) is 14.9 Å². The zero-order chi connectivity index (χ0) is 23.4. The molecule has 0 spiro atoms. The molecule has 1 aliphatic heterocycles. The quantitative estimate of drug-likeness (QED) is 0.453. The Hall–Kier alpha value is -2.67. The molecule has 0 aliphatic carbocycles. The standard InChI is InChI=1S/C25H25Cl2N3O3/c1-16(11-24(31)32)13-30-10-9-23-18(14-30)12-28-25(29-23)17-5-7-19(8-6-17)33-15-20-21(26)3-2-4-22(20)27/h2-8,12,16H,9-11,13-15H2,1H3,(H,31,32). The minimum atomic E-state index is -0.753. The van der Waals surface area contributed by atoms with Gasteiger partial charge in [-0.1, -0.05) is 36.2 Å². The van der Waals surface area contributed by atoms with Gasteiger partial charge >= 0.3 is 5.97 Å². The molecule has 8 heteroatoms. The number of hydrogen-bond acceptors (Lipinski definition) is 5. The van der Waals surface area contributed by atoms with Crippen molar-refractivity contribution in [1.29, 1.82) is 0 Å². The average molecular weight is 486 g/mol. The number of fused-ring (bicyclic) bond motifs is 1. The Morgan fingerprint density at radius 3 is 2.61 bits per heavy atom. The van der Waals surface area contributed by atoms with Gasteiger partial charge in [-0.2, -0.15) is 0 Å². The Morgan fingerprint density at radius 2 is 1.91 bits per heavy atom. The lowest BCUT2D eigenvalue weighted by Crippen LogP contribution is -2.35. The van der Waals surface area contributed by atoms with E-state index in [0.29, 0.717) is 21.6 Å². The maximum Gasteiger partial charge on any atom is 0.303 e. The van der Waals surface area contributed by atoms with E-state index in [9.17, 15) is 4.79 Å². The number of carboxylic acid groups (broad SMARTS) is 1. The molecule has 0 saturated heterocycles. The Balaban J connectivity index is 1.39. The van der Waals surface area contributed by atoms with Crippen LogP contribution in [0.15, 0.2) is 48.7 Å². The van der Waals surface area contributed by atoms with Gasteiger partial charge in [0.2, 0.25) is 0 Å². The predicted molar refractivity (Wildman–Crippen MR) is 129 cm³/mol. The summed E-state index contributed by atoms with van der Waals surface area (Å²) in [6.45, 7) is 4.63. The molecule has 1 aliphatic rings. The highest BCUT2D eigenvalue weighted by Gasteiger charge is 2.21. The second-order valence-electron chi connectivity index (χ2n) is 8.37. The first-order valence-electron chi connectivity index (χ1n) is 10.8. The van der Waals surface area contributed by atoms with Gasteiger partial charge in [0.25, 0.3) is 0 Å². The molecule has 0 bridgehead atoms. The monoisotopic (exact) mass is 485 g/mol. The number of aliphatic carboxylic acids is 1. The Labute approximate surface area is 203 Å². The molecule has 33 heavy (non-hydrogen) atoms. The molecule has 4 rings (SSSR count). The topological polar surface area (TPSA) is 75.5 Å². The van der Waals surface area contributed by atoms with E-state index in [-0.39, 0.29) is 18.9 Å². The zero-order valence-corrected chi connectivity index (χ0v) is 19.8. The molecule has 3 aromatic rings. The zero-order valence-electron chi connectivity index (χ0n) is 18.3. The number of ether oxygens (including phenoxy) is 1. The van der Waals surface area contributed by atoms with E-state index in [1.165, 1.54) is 0 Å². The summed E-state index contributed by atoms with van der Waals surface area (Å²) in [6.07, 6.45) is 2.89. The van der Waals surface area contributed by atoms with Crippen molar-refractivity contribution in [2.75, 3.05) is 13.1 Å². The van der Waals surface area contributed by atoms with Crippen molar-refractivity contribution < 1.29 is 14.6 Å². The largest absolute Gasteiger partial charge is 0.489 e. The van der Waals surface area contributed by atoms with Gasteiger partial charge in [0.05, 0.1) is 5.69 Å². The molecule has 0 radical (unpaired) electrons. The molecular formula is C25H25Cl2N3O3. The fourth-order valence-electron chi connectivity index (χ4n) is 4.00. The third kappa shape index (κ3) is 6.02. The first-order chi connectivity index (χ1) is 15.9. The minimum absolute atomic E-state index is 0.110. The molecule has 1 N–H and O–H groups in total. The molecular weight excluding hydrogens is 461 g/mol. The van der Waals surface area contributed by atoms with Crippen LogP contribution >= 0.6 is 23.2 Å². The van der Waals surface area contributed by atoms with Gasteiger partial charge in [-0.25, -0.2) is 9.97 Å². The summed E-state index contributed by atoms with van der Waals surface area (Å²) in [4.78, 5) is 22.5. The Bertz CT molecular complexity index is 1120. The van der Waals surface area contributed by atoms with Crippen LogP contribution in [-0.4, -0.2) is 39.0 Å². The third-order valence-electron chi connectivity index (χ3n) is 5.66. The molecule has 1 atom stereocenters. The molecule has 172 valence electrons. The molecule has 1 unspecified atom stereocenters. The minimum Gasteiger partial charge on any atom is -0.489 e. The SMILES string of the molecule is CC(CC(=O)O)CN1CCc2nc(-c3ccc(OCc4c(Cl)cccc4Cl)cc3)ncc2C1. The molecule has 0 amide bonds. The van der Waals surface area contributed by atoms with Gasteiger partial charge in [0.15, 0.2) is 5.82 Å². The number of hydrogen-bond donors (Lipinski definition) is 1. The second-order valence-corrected chi connectivity index (χ2v) is 9.18. The van der Waals surface area contributed by atoms with Crippen LogP contribution in [0.3, 0.4) is 0 Å². The van der Waals surface area contributed by atoms with Gasteiger partial charge in [-0.05, 0) is 42.3 Å². The van der Waals surface area contributed by atoms with E-state index in [1.54, 1.807) is 18.2 Å². The van der Waals surface area contributed by atoms with Crippen LogP contribution in [0.5, 0.6) is 5.75 Å². The summed E-state index contributed by atoms with van der Waals surface area (Å²) >= 11 is 12.4. The average Bonchev–Trinajstić information content (AvgIpc) is 2.78. The predicted octanol–water partition coefficient (Wildman–Crippen LogP) is 5.50. The highest BCUT2D eigenvalue weighted by molar-refractivity contribution is 6.35. The second kappa shape index (κ2) is 10.5. The number of halogens is 2. The third-order valence-corrected chi connectivity index (χ3v) is 6.37. The summed E-state index contributed by atoms with van der Waals surface area (Å²) in [5.41, 5.74) is 3.83. The number of carboxylic acids is 1. The van der Waals surface area contributed by atoms with Crippen molar-refractivity contribution in [2.24, 2.45) is 5.92 Å². The maximum atomic E-state index is 10.9. The Kier molecular flexibility index (Phi) is 7.48. The van der Waals surface area contributed by atoms with Crippen LogP contribution in [0.25, 0.3) is 11.4 Å². The van der Waals surface area contributed by atoms with Gasteiger partial charge in [0.1, 0.15) is 12.4 Å². The van der Waals surface area contributed by atoms with E-state index in [1.807, 2.05) is 37.4 Å². The summed E-state index contributed by atoms with van der Waals surface area (Å²) in [7, 11) is 0. The summed E-state index contributed by atoms with van der Waals surface area (Å²) in [5.74, 6) is 0.747. The number of benzene rings is 2. The Morgan fingerprint density at radius 1 is 1.18 bits per heavy atom. The van der Waals surface area contributed by atoms with Crippen molar-refractivity contribution in [3.63, 3.8) is 0 Å². The van der Waals surface area contributed by atoms with E-state index in [0.717, 1.165) is 48.4 Å². The maximum absolute atomic E-state index is 10.9. The van der Waals surface area contributed by atoms with Crippen LogP contribution in [-0.2, 0) is 24.4 Å². The fourth-order valence-corrected chi connectivity index (χ4v) is 4.51. The van der Waals surface area contributed by atoms with Crippen LogP contribution in [0, 0.1) is 5.92 Å². The van der Waals surface area contributed by atoms with Gasteiger partial charge in [-0.3, -0.25) is 9.69 Å². The van der Waals surface area contributed by atoms with E-state index in [4.69, 9.17) is 38.0 Å². The first kappa shape index (κ1) is 23.5. The van der Waals surface area contributed by atoms with Crippen LogP contribution in [0.4, 0.5) is 0 Å². The van der Waals surface area contributed by atoms with Crippen LogP contribution in [0.1, 0.15) is 30.2 Å². The van der Waals surface area contributed by atoms with Crippen molar-refractivity contribution in [3.05, 3.63) is 75.5 Å². The number of aromatic nitrogens is 2. The lowest BCUT2D eigenvalue weighted by molar-refractivity contribution is -0.138. The van der Waals surface area contributed by atoms with Gasteiger partial charge in [0, 0.05) is 65.4 Å². The summed E-state index contributed by atoms with van der Waals surface area (Å²) in [6, 6.07) is 13.0. The number of carbonyl (C=O) groups is 1. The lowest BCUT2D eigenvalue weighted by atomic mass is 10.0. The van der Waals surface area contributed by atoms with Crippen molar-refractivity contribution in [2.45, 2.75) is 32.9 Å². The van der Waals surface area contributed by atoms with Gasteiger partial charge in [-0.15, -0.1) is 0 Å². The van der Waals surface area contributed by atoms with Crippen LogP contribution < -0.4 is 4.74 Å². The number of rotatable bonds is 8. The molecule has 1 aromatic heterocycles. The highest BCUT2D eigenvalue weighted by atomic mass is 35.5. The molecule has 0 saturated carbocycles. The van der Waals surface area contributed by atoms with E-state index < -0.39 is 5.97 Å². The van der Waals surface area contributed by atoms with Crippen molar-refractivity contribution >= 4 is 29.2 Å².